The second-order valence-corrected chi connectivity index (χ2v) is 9.33. The zero-order chi connectivity index (χ0) is 22.7. The van der Waals surface area contributed by atoms with Crippen molar-refractivity contribution >= 4 is 29.1 Å². The van der Waals surface area contributed by atoms with Crippen molar-refractivity contribution in [2.24, 2.45) is 0 Å². The van der Waals surface area contributed by atoms with E-state index >= 15 is 0 Å². The van der Waals surface area contributed by atoms with Gasteiger partial charge in [0.1, 0.15) is 0 Å². The van der Waals surface area contributed by atoms with E-state index < -0.39 is 0 Å². The quantitative estimate of drug-likeness (QED) is 0.239. The van der Waals surface area contributed by atoms with Crippen LogP contribution in [0.1, 0.15) is 34.6 Å². The van der Waals surface area contributed by atoms with E-state index in [1.165, 1.54) is 11.8 Å². The van der Waals surface area contributed by atoms with Gasteiger partial charge in [-0.3, -0.25) is 9.36 Å². The molecule has 0 bridgehead atoms. The predicted molar refractivity (Wildman–Crippen MR) is 129 cm³/mol. The maximum Gasteiger partial charge on any atom is 0.192 e. The van der Waals surface area contributed by atoms with Gasteiger partial charge >= 0.3 is 0 Å². The molecule has 168 valence electrons. The van der Waals surface area contributed by atoms with Gasteiger partial charge in [-0.15, -0.1) is 16.8 Å². The van der Waals surface area contributed by atoms with Crippen molar-refractivity contribution in [3.63, 3.8) is 0 Å². The second-order valence-electron chi connectivity index (χ2n) is 7.95. The minimum absolute atomic E-state index is 0.0860. The number of carbonyl (C=O) groups excluding carboxylic acids is 1. The summed E-state index contributed by atoms with van der Waals surface area (Å²) in [6.45, 7) is 10.1. The highest BCUT2D eigenvalue weighted by molar-refractivity contribution is 7.99. The van der Waals surface area contributed by atoms with E-state index in [1.54, 1.807) is 6.08 Å². The number of allylic oxidation sites excluding steroid dienone is 1. The minimum Gasteiger partial charge on any atom is -0.376 e. The summed E-state index contributed by atoms with van der Waals surface area (Å²) in [7, 11) is 0. The lowest BCUT2D eigenvalue weighted by atomic mass is 10.2. The number of aryl methyl sites for hydroxylation is 1. The van der Waals surface area contributed by atoms with Crippen LogP contribution in [0.4, 0.5) is 0 Å². The number of hydrogen-bond donors (Lipinski definition) is 0. The van der Waals surface area contributed by atoms with Crippen LogP contribution in [0.3, 0.4) is 0 Å². The van der Waals surface area contributed by atoms with Crippen molar-refractivity contribution in [1.82, 2.24) is 19.3 Å². The first-order valence-electron chi connectivity index (χ1n) is 10.7. The van der Waals surface area contributed by atoms with Gasteiger partial charge in [0.25, 0.3) is 0 Å². The van der Waals surface area contributed by atoms with E-state index in [-0.39, 0.29) is 11.9 Å². The van der Waals surface area contributed by atoms with Gasteiger partial charge in [0, 0.05) is 47.2 Å². The van der Waals surface area contributed by atoms with Crippen molar-refractivity contribution in [2.75, 3.05) is 12.4 Å². The smallest absolute Gasteiger partial charge is 0.192 e. The third-order valence-corrected chi connectivity index (χ3v) is 6.97. The Morgan fingerprint density at radius 2 is 2.06 bits per heavy atom. The molecule has 0 aliphatic carbocycles. The van der Waals surface area contributed by atoms with Crippen molar-refractivity contribution in [3.05, 3.63) is 65.0 Å². The maximum absolute atomic E-state index is 13.1. The normalized spacial score (nSPS) is 15.9. The molecular weight excluding hydrogens is 444 g/mol. The number of halogens is 1. The number of aromatic nitrogens is 4. The average Bonchev–Trinajstić information content (AvgIpc) is 3.50. The summed E-state index contributed by atoms with van der Waals surface area (Å²) in [5.41, 5.74) is 3.77. The van der Waals surface area contributed by atoms with E-state index in [2.05, 4.69) is 21.3 Å². The summed E-state index contributed by atoms with van der Waals surface area (Å²) < 4.78 is 9.95. The molecule has 4 rings (SSSR count). The Morgan fingerprint density at radius 3 is 2.75 bits per heavy atom. The van der Waals surface area contributed by atoms with Crippen LogP contribution in [0.5, 0.6) is 0 Å². The first kappa shape index (κ1) is 22.8. The predicted octanol–water partition coefficient (Wildman–Crippen LogP) is 5.36. The van der Waals surface area contributed by atoms with Crippen LogP contribution in [-0.4, -0.2) is 43.6 Å². The summed E-state index contributed by atoms with van der Waals surface area (Å²) in [5.74, 6) is 1.11. The van der Waals surface area contributed by atoms with Gasteiger partial charge in [0.05, 0.1) is 11.9 Å². The topological polar surface area (TPSA) is 61.9 Å². The Balaban J connectivity index is 1.49. The number of Topliss-reactive ketones (excluding diaryl/α,β-unsaturated/α-hetero) is 1. The Bertz CT molecular complexity index is 1110. The number of hydrogen-bond acceptors (Lipinski definition) is 5. The van der Waals surface area contributed by atoms with Gasteiger partial charge < -0.3 is 9.30 Å². The number of carbonyl (C=O) groups is 1. The van der Waals surface area contributed by atoms with Crippen molar-refractivity contribution < 1.29 is 9.53 Å². The first-order valence-corrected chi connectivity index (χ1v) is 12.1. The van der Waals surface area contributed by atoms with E-state index in [0.29, 0.717) is 22.5 Å². The van der Waals surface area contributed by atoms with Crippen LogP contribution in [0.15, 0.2) is 48.1 Å². The molecule has 3 aromatic rings. The molecule has 1 unspecified atom stereocenters. The number of ketones is 1. The molecule has 0 N–H and O–H groups in total. The summed E-state index contributed by atoms with van der Waals surface area (Å²) in [6, 6.07) is 9.46. The Kier molecular flexibility index (Phi) is 7.18. The van der Waals surface area contributed by atoms with Crippen LogP contribution in [0.25, 0.3) is 11.4 Å². The fourth-order valence-electron chi connectivity index (χ4n) is 4.07. The number of nitrogens with zero attached hydrogens (tertiary/aromatic N) is 4. The van der Waals surface area contributed by atoms with Crippen LogP contribution in [0.2, 0.25) is 5.02 Å². The van der Waals surface area contributed by atoms with Crippen LogP contribution < -0.4 is 0 Å². The number of thioether (sulfide) groups is 1. The third kappa shape index (κ3) is 4.85. The Hall–Kier alpha value is -2.35. The van der Waals surface area contributed by atoms with Crippen molar-refractivity contribution in [3.8, 4) is 11.4 Å². The van der Waals surface area contributed by atoms with E-state index in [1.807, 2.05) is 48.7 Å². The molecule has 0 radical (unpaired) electrons. The molecule has 32 heavy (non-hydrogen) atoms. The van der Waals surface area contributed by atoms with Gasteiger partial charge in [-0.25, -0.2) is 0 Å². The summed E-state index contributed by atoms with van der Waals surface area (Å²) >= 11 is 7.41. The molecule has 0 saturated carbocycles. The Morgan fingerprint density at radius 1 is 1.28 bits per heavy atom. The molecule has 1 aromatic carbocycles. The number of benzene rings is 1. The zero-order valence-electron chi connectivity index (χ0n) is 18.4. The molecule has 2 aromatic heterocycles. The fraction of sp³-hybridized carbons (Fsp3) is 0.375. The summed E-state index contributed by atoms with van der Waals surface area (Å²) in [4.78, 5) is 13.1. The molecule has 1 fully saturated rings. The molecule has 1 atom stereocenters. The van der Waals surface area contributed by atoms with Gasteiger partial charge in [-0.1, -0.05) is 29.4 Å². The summed E-state index contributed by atoms with van der Waals surface area (Å²) in [6.07, 6.45) is 4.22. The largest absolute Gasteiger partial charge is 0.376 e. The van der Waals surface area contributed by atoms with E-state index in [9.17, 15) is 4.79 Å². The first-order chi connectivity index (χ1) is 15.5. The second kappa shape index (κ2) is 10.1. The monoisotopic (exact) mass is 470 g/mol. The molecule has 1 aliphatic heterocycles. The lowest BCUT2D eigenvalue weighted by Crippen LogP contribution is -2.17. The number of ether oxygens (including phenoxy) is 1. The SMILES string of the molecule is C=CCn1c(SCC(=O)c2cc(C)n(CC3CCCO3)c2C)nnc1-c1ccc(Cl)cc1. The highest BCUT2D eigenvalue weighted by Crippen LogP contribution is 2.27. The molecule has 3 heterocycles. The molecule has 8 heteroatoms. The summed E-state index contributed by atoms with van der Waals surface area (Å²) in [5, 5.41) is 10.0. The average molecular weight is 471 g/mol. The van der Waals surface area contributed by atoms with Gasteiger partial charge in [0.15, 0.2) is 16.8 Å². The minimum atomic E-state index is 0.0860. The molecule has 0 spiro atoms. The maximum atomic E-state index is 13.1. The molecular formula is C24H27ClN4O2S. The van der Waals surface area contributed by atoms with Gasteiger partial charge in [-0.2, -0.15) is 0 Å². The Labute approximate surface area is 197 Å². The van der Waals surface area contributed by atoms with Gasteiger partial charge in [0.2, 0.25) is 0 Å². The van der Waals surface area contributed by atoms with E-state index in [0.717, 1.165) is 54.3 Å². The highest BCUT2D eigenvalue weighted by Gasteiger charge is 2.22. The van der Waals surface area contributed by atoms with Gasteiger partial charge in [-0.05, 0) is 57.0 Å². The highest BCUT2D eigenvalue weighted by atomic mass is 35.5. The van der Waals surface area contributed by atoms with Crippen molar-refractivity contribution in [2.45, 2.75) is 51.0 Å². The molecule has 6 nitrogen and oxygen atoms in total. The standard InChI is InChI=1S/C24H27ClN4O2S/c1-4-11-28-23(18-7-9-19(25)10-8-18)26-27-24(28)32-15-22(30)21-13-16(2)29(17(21)3)14-20-6-5-12-31-20/h4,7-10,13,20H,1,5-6,11-12,14-15H2,2-3H3. The van der Waals surface area contributed by atoms with Crippen molar-refractivity contribution in [1.29, 1.82) is 0 Å². The lowest BCUT2D eigenvalue weighted by Gasteiger charge is -2.14. The number of rotatable bonds is 9. The van der Waals surface area contributed by atoms with Crippen LogP contribution >= 0.6 is 23.4 Å². The fourth-order valence-corrected chi connectivity index (χ4v) is 5.02. The van der Waals surface area contributed by atoms with Crippen LogP contribution in [0, 0.1) is 13.8 Å². The van der Waals surface area contributed by atoms with E-state index in [4.69, 9.17) is 16.3 Å². The van der Waals surface area contributed by atoms with Crippen LogP contribution in [-0.2, 0) is 17.8 Å². The molecule has 0 amide bonds. The third-order valence-electron chi connectivity index (χ3n) is 5.75. The zero-order valence-corrected chi connectivity index (χ0v) is 20.0. The molecule has 1 aliphatic rings. The molecule has 1 saturated heterocycles. The lowest BCUT2D eigenvalue weighted by molar-refractivity contribution is 0.0957.